The smallest absolute Gasteiger partial charge is 0.259 e. The molecule has 0 atom stereocenters. The first-order valence-corrected chi connectivity index (χ1v) is 9.91. The van der Waals surface area contributed by atoms with E-state index in [0.29, 0.717) is 49.1 Å². The number of hydrogen-bond donors (Lipinski definition) is 1. The van der Waals surface area contributed by atoms with Gasteiger partial charge in [0.1, 0.15) is 17.3 Å². The van der Waals surface area contributed by atoms with Gasteiger partial charge >= 0.3 is 0 Å². The minimum atomic E-state index is -0.363. The standard InChI is InChI=1S/C21H22N8O2/c1-14-24-19(17-5-3-4-8-22-17)26-21(25-14)27-20(31)16-6-7-18(23-13-16)29-11-9-28(10-12-29)15(2)30/h3-8,13H,9-12H2,1-2H3,(H,24,25,26,27,31). The van der Waals surface area contributed by atoms with Gasteiger partial charge in [0.15, 0.2) is 5.82 Å². The van der Waals surface area contributed by atoms with Crippen molar-refractivity contribution in [2.45, 2.75) is 13.8 Å². The van der Waals surface area contributed by atoms with Crippen LogP contribution in [0.2, 0.25) is 0 Å². The van der Waals surface area contributed by atoms with E-state index in [1.165, 1.54) is 6.20 Å². The number of nitrogens with zero attached hydrogens (tertiary/aromatic N) is 7. The first-order chi connectivity index (χ1) is 15.0. The maximum Gasteiger partial charge on any atom is 0.259 e. The molecule has 0 spiro atoms. The fourth-order valence-corrected chi connectivity index (χ4v) is 3.28. The van der Waals surface area contributed by atoms with Crippen LogP contribution in [-0.4, -0.2) is 67.8 Å². The summed E-state index contributed by atoms with van der Waals surface area (Å²) in [5.41, 5.74) is 0.989. The summed E-state index contributed by atoms with van der Waals surface area (Å²) in [6.07, 6.45) is 3.18. The molecule has 0 saturated carbocycles. The number of rotatable bonds is 4. The normalized spacial score (nSPS) is 13.7. The van der Waals surface area contributed by atoms with Crippen molar-refractivity contribution in [3.05, 3.63) is 54.1 Å². The van der Waals surface area contributed by atoms with Crippen LogP contribution in [0.1, 0.15) is 23.1 Å². The molecule has 2 amide bonds. The summed E-state index contributed by atoms with van der Waals surface area (Å²) in [5, 5.41) is 2.70. The number of carbonyl (C=O) groups excluding carboxylic acids is 2. The van der Waals surface area contributed by atoms with Gasteiger partial charge in [-0.3, -0.25) is 19.9 Å². The van der Waals surface area contributed by atoms with Crippen molar-refractivity contribution in [1.29, 1.82) is 0 Å². The second kappa shape index (κ2) is 8.82. The highest BCUT2D eigenvalue weighted by Gasteiger charge is 2.20. The number of amides is 2. The van der Waals surface area contributed by atoms with Crippen LogP contribution in [0, 0.1) is 6.92 Å². The number of carbonyl (C=O) groups is 2. The zero-order valence-corrected chi connectivity index (χ0v) is 17.3. The summed E-state index contributed by atoms with van der Waals surface area (Å²) in [6, 6.07) is 8.95. The van der Waals surface area contributed by atoms with Crippen molar-refractivity contribution in [2.24, 2.45) is 0 Å². The van der Waals surface area contributed by atoms with Gasteiger partial charge < -0.3 is 9.80 Å². The molecule has 3 aromatic heterocycles. The Kier molecular flexibility index (Phi) is 5.78. The van der Waals surface area contributed by atoms with Gasteiger partial charge in [0.25, 0.3) is 5.91 Å². The van der Waals surface area contributed by atoms with Crippen molar-refractivity contribution in [3.63, 3.8) is 0 Å². The Bertz CT molecular complexity index is 1080. The lowest BCUT2D eigenvalue weighted by Gasteiger charge is -2.34. The highest BCUT2D eigenvalue weighted by atomic mass is 16.2. The molecule has 31 heavy (non-hydrogen) atoms. The van der Waals surface area contributed by atoms with Crippen LogP contribution >= 0.6 is 0 Å². The van der Waals surface area contributed by atoms with Crippen LogP contribution in [0.4, 0.5) is 11.8 Å². The quantitative estimate of drug-likeness (QED) is 0.678. The summed E-state index contributed by atoms with van der Waals surface area (Å²) >= 11 is 0. The molecule has 0 unspecified atom stereocenters. The lowest BCUT2D eigenvalue weighted by atomic mass is 10.2. The van der Waals surface area contributed by atoms with Crippen molar-refractivity contribution < 1.29 is 9.59 Å². The molecule has 0 aliphatic carbocycles. The van der Waals surface area contributed by atoms with Crippen molar-refractivity contribution in [2.75, 3.05) is 36.4 Å². The van der Waals surface area contributed by atoms with E-state index in [4.69, 9.17) is 0 Å². The van der Waals surface area contributed by atoms with E-state index in [2.05, 4.69) is 35.1 Å². The summed E-state index contributed by atoms with van der Waals surface area (Å²) in [6.45, 7) is 6.05. The van der Waals surface area contributed by atoms with Crippen LogP contribution in [0.15, 0.2) is 42.7 Å². The summed E-state index contributed by atoms with van der Waals surface area (Å²) in [7, 11) is 0. The van der Waals surface area contributed by atoms with Crippen LogP contribution in [-0.2, 0) is 4.79 Å². The number of pyridine rings is 2. The van der Waals surface area contributed by atoms with Crippen molar-refractivity contribution >= 4 is 23.6 Å². The maximum absolute atomic E-state index is 12.7. The maximum atomic E-state index is 12.7. The van der Waals surface area contributed by atoms with Gasteiger partial charge in [-0.15, -0.1) is 0 Å². The number of anilines is 2. The van der Waals surface area contributed by atoms with E-state index in [0.717, 1.165) is 5.82 Å². The average Bonchev–Trinajstić information content (AvgIpc) is 2.79. The molecular formula is C21H22N8O2. The summed E-state index contributed by atoms with van der Waals surface area (Å²) < 4.78 is 0. The van der Waals surface area contributed by atoms with E-state index in [-0.39, 0.29) is 17.8 Å². The third kappa shape index (κ3) is 4.80. The number of piperazine rings is 1. The van der Waals surface area contributed by atoms with E-state index >= 15 is 0 Å². The molecule has 4 heterocycles. The molecule has 0 bridgehead atoms. The van der Waals surface area contributed by atoms with Crippen molar-refractivity contribution in [3.8, 4) is 11.5 Å². The zero-order valence-electron chi connectivity index (χ0n) is 17.3. The largest absolute Gasteiger partial charge is 0.353 e. The number of nitrogens with one attached hydrogen (secondary N) is 1. The minimum absolute atomic E-state index is 0.0828. The molecule has 158 valence electrons. The fourth-order valence-electron chi connectivity index (χ4n) is 3.28. The van der Waals surface area contributed by atoms with Gasteiger partial charge in [0.2, 0.25) is 11.9 Å². The lowest BCUT2D eigenvalue weighted by molar-refractivity contribution is -0.129. The number of aromatic nitrogens is 5. The zero-order chi connectivity index (χ0) is 21.8. The summed E-state index contributed by atoms with van der Waals surface area (Å²) in [4.78, 5) is 49.5. The Hall–Kier alpha value is -3.95. The van der Waals surface area contributed by atoms with Gasteiger partial charge in [-0.2, -0.15) is 9.97 Å². The molecule has 4 rings (SSSR count). The first kappa shape index (κ1) is 20.3. The molecule has 0 radical (unpaired) electrons. The molecule has 1 aliphatic heterocycles. The Labute approximate surface area is 179 Å². The molecule has 1 saturated heterocycles. The Morgan fingerprint density at radius 3 is 2.42 bits per heavy atom. The third-order valence-corrected chi connectivity index (χ3v) is 4.93. The van der Waals surface area contributed by atoms with E-state index in [1.807, 2.05) is 11.0 Å². The second-order valence-corrected chi connectivity index (χ2v) is 7.10. The van der Waals surface area contributed by atoms with E-state index < -0.39 is 0 Å². The number of hydrogen-bond acceptors (Lipinski definition) is 8. The van der Waals surface area contributed by atoms with Gasteiger partial charge in [-0.25, -0.2) is 9.97 Å². The molecule has 10 nitrogen and oxygen atoms in total. The Morgan fingerprint density at radius 2 is 1.77 bits per heavy atom. The molecule has 3 aromatic rings. The minimum Gasteiger partial charge on any atom is -0.353 e. The lowest BCUT2D eigenvalue weighted by Crippen LogP contribution is -2.48. The predicted octanol–water partition coefficient (Wildman–Crippen LogP) is 1.56. The monoisotopic (exact) mass is 418 g/mol. The highest BCUT2D eigenvalue weighted by Crippen LogP contribution is 2.16. The van der Waals surface area contributed by atoms with Crippen LogP contribution in [0.25, 0.3) is 11.5 Å². The third-order valence-electron chi connectivity index (χ3n) is 4.93. The Morgan fingerprint density at radius 1 is 0.968 bits per heavy atom. The number of aryl methyl sites for hydroxylation is 1. The van der Waals surface area contributed by atoms with Gasteiger partial charge in [0, 0.05) is 45.5 Å². The first-order valence-electron chi connectivity index (χ1n) is 9.91. The molecule has 1 aliphatic rings. The topological polar surface area (TPSA) is 117 Å². The molecule has 0 aromatic carbocycles. The van der Waals surface area contributed by atoms with E-state index in [1.54, 1.807) is 44.3 Å². The van der Waals surface area contributed by atoms with Crippen LogP contribution < -0.4 is 10.2 Å². The molecule has 1 fully saturated rings. The van der Waals surface area contributed by atoms with Gasteiger partial charge in [0.05, 0.1) is 5.56 Å². The van der Waals surface area contributed by atoms with E-state index in [9.17, 15) is 9.59 Å². The summed E-state index contributed by atoms with van der Waals surface area (Å²) in [5.74, 6) is 1.51. The fraction of sp³-hybridized carbons (Fsp3) is 0.286. The Balaban J connectivity index is 1.44. The average molecular weight is 418 g/mol. The van der Waals surface area contributed by atoms with Crippen LogP contribution in [0.5, 0.6) is 0 Å². The predicted molar refractivity (Wildman–Crippen MR) is 114 cm³/mol. The second-order valence-electron chi connectivity index (χ2n) is 7.10. The van der Waals surface area contributed by atoms with Crippen molar-refractivity contribution in [1.82, 2.24) is 29.8 Å². The van der Waals surface area contributed by atoms with Gasteiger partial charge in [-0.1, -0.05) is 6.07 Å². The molecule has 10 heteroatoms. The SMILES string of the molecule is CC(=O)N1CCN(c2ccc(C(=O)Nc3nc(C)nc(-c4ccccn4)n3)cn2)CC1. The molecular weight excluding hydrogens is 396 g/mol. The van der Waals surface area contributed by atoms with Gasteiger partial charge in [-0.05, 0) is 31.2 Å². The molecule has 1 N–H and O–H groups in total. The highest BCUT2D eigenvalue weighted by molar-refractivity contribution is 6.03. The van der Waals surface area contributed by atoms with Crippen LogP contribution in [0.3, 0.4) is 0 Å².